The van der Waals surface area contributed by atoms with Crippen molar-refractivity contribution in [3.63, 3.8) is 0 Å². The summed E-state index contributed by atoms with van der Waals surface area (Å²) in [4.78, 5) is 50.6. The molecule has 3 aromatic carbocycles. The van der Waals surface area contributed by atoms with Crippen LogP contribution in [0.4, 0.5) is 20.6 Å². The Morgan fingerprint density at radius 2 is 1.70 bits per heavy atom. The molecular formula is C30H25FN4O5. The number of nitrogens with zero attached hydrogens (tertiary/aromatic N) is 2. The molecule has 10 heteroatoms. The van der Waals surface area contributed by atoms with Crippen molar-refractivity contribution < 1.29 is 28.3 Å². The van der Waals surface area contributed by atoms with Gasteiger partial charge in [-0.25, -0.2) is 14.1 Å². The zero-order valence-electron chi connectivity index (χ0n) is 21.7. The Balaban J connectivity index is 1.42. The van der Waals surface area contributed by atoms with Crippen LogP contribution in [0.5, 0.6) is 5.75 Å². The van der Waals surface area contributed by atoms with Crippen LogP contribution in [0.3, 0.4) is 0 Å². The minimum Gasteiger partial charge on any atom is -0.492 e. The molecule has 1 aliphatic rings. The Hall–Kier alpha value is -5.25. The molecule has 2 heterocycles. The molecule has 1 saturated heterocycles. The number of para-hydroxylation sites is 1. The van der Waals surface area contributed by atoms with E-state index in [-0.39, 0.29) is 17.2 Å². The molecule has 0 unspecified atom stereocenters. The van der Waals surface area contributed by atoms with Crippen LogP contribution in [0, 0.1) is 12.7 Å². The Kier molecular flexibility index (Phi) is 7.15. The summed E-state index contributed by atoms with van der Waals surface area (Å²) >= 11 is 0. The molecule has 1 aliphatic heterocycles. The number of urea groups is 1. The zero-order chi connectivity index (χ0) is 28.4. The third-order valence-corrected chi connectivity index (χ3v) is 6.51. The van der Waals surface area contributed by atoms with Gasteiger partial charge in [0.25, 0.3) is 11.8 Å². The van der Waals surface area contributed by atoms with Crippen LogP contribution < -0.4 is 20.3 Å². The maximum absolute atomic E-state index is 13.4. The summed E-state index contributed by atoms with van der Waals surface area (Å²) in [5.74, 6) is -1.65. The highest BCUT2D eigenvalue weighted by Crippen LogP contribution is 2.30. The van der Waals surface area contributed by atoms with Gasteiger partial charge in [0, 0.05) is 34.8 Å². The first-order valence-electron chi connectivity index (χ1n) is 12.5. The van der Waals surface area contributed by atoms with Crippen LogP contribution in [0.1, 0.15) is 18.2 Å². The van der Waals surface area contributed by atoms with E-state index in [4.69, 9.17) is 4.74 Å². The monoisotopic (exact) mass is 540 g/mol. The molecule has 1 fully saturated rings. The van der Waals surface area contributed by atoms with E-state index in [1.165, 1.54) is 25.1 Å². The molecule has 0 saturated carbocycles. The fourth-order valence-corrected chi connectivity index (χ4v) is 4.65. The molecule has 0 bridgehead atoms. The Bertz CT molecular complexity index is 1670. The number of rotatable bonds is 7. The average Bonchev–Trinajstić information content (AvgIpc) is 3.18. The molecule has 40 heavy (non-hydrogen) atoms. The second-order valence-corrected chi connectivity index (χ2v) is 9.16. The van der Waals surface area contributed by atoms with Gasteiger partial charge in [-0.2, -0.15) is 0 Å². The number of anilines is 2. The van der Waals surface area contributed by atoms with Crippen molar-refractivity contribution >= 4 is 52.1 Å². The maximum Gasteiger partial charge on any atom is 0.335 e. The molecule has 1 aromatic heterocycles. The smallest absolute Gasteiger partial charge is 0.335 e. The van der Waals surface area contributed by atoms with Gasteiger partial charge >= 0.3 is 6.03 Å². The molecule has 2 N–H and O–H groups in total. The summed E-state index contributed by atoms with van der Waals surface area (Å²) in [6.45, 7) is 4.13. The average molecular weight is 541 g/mol. The highest BCUT2D eigenvalue weighted by Gasteiger charge is 2.37. The van der Waals surface area contributed by atoms with E-state index in [2.05, 4.69) is 10.6 Å². The van der Waals surface area contributed by atoms with Crippen molar-refractivity contribution in [3.8, 4) is 5.75 Å². The SMILES string of the molecule is CC(=O)Nc1ccc(OCCn2c(C)c(/C=C3/C(=O)NC(=O)N(c4ccc(F)cc4)C3=O)c3ccccc32)cc1. The van der Waals surface area contributed by atoms with E-state index in [9.17, 15) is 23.6 Å². The summed E-state index contributed by atoms with van der Waals surface area (Å²) in [5.41, 5.74) is 2.93. The van der Waals surface area contributed by atoms with Crippen molar-refractivity contribution in [1.29, 1.82) is 0 Å². The van der Waals surface area contributed by atoms with Gasteiger partial charge < -0.3 is 14.6 Å². The number of imide groups is 2. The summed E-state index contributed by atoms with van der Waals surface area (Å²) in [7, 11) is 0. The van der Waals surface area contributed by atoms with E-state index in [1.54, 1.807) is 24.3 Å². The van der Waals surface area contributed by atoms with E-state index in [0.717, 1.165) is 33.6 Å². The molecule has 5 rings (SSSR count). The summed E-state index contributed by atoms with van der Waals surface area (Å²) in [5, 5.41) is 5.72. The van der Waals surface area contributed by atoms with Gasteiger partial charge in [-0.3, -0.25) is 19.7 Å². The number of benzene rings is 3. The van der Waals surface area contributed by atoms with Crippen molar-refractivity contribution in [3.05, 3.63) is 95.4 Å². The number of barbiturate groups is 1. The number of hydrogen-bond donors (Lipinski definition) is 2. The molecule has 0 atom stereocenters. The largest absolute Gasteiger partial charge is 0.492 e. The Morgan fingerprint density at radius 3 is 2.40 bits per heavy atom. The van der Waals surface area contributed by atoms with Crippen molar-refractivity contribution in [1.82, 2.24) is 9.88 Å². The number of carbonyl (C=O) groups is 4. The van der Waals surface area contributed by atoms with E-state index < -0.39 is 23.7 Å². The number of amides is 5. The third kappa shape index (κ3) is 5.19. The van der Waals surface area contributed by atoms with Gasteiger partial charge in [0.1, 0.15) is 23.7 Å². The zero-order valence-corrected chi connectivity index (χ0v) is 21.7. The molecule has 9 nitrogen and oxygen atoms in total. The summed E-state index contributed by atoms with van der Waals surface area (Å²) in [6.07, 6.45) is 1.48. The molecule has 5 amide bonds. The van der Waals surface area contributed by atoms with Crippen LogP contribution >= 0.6 is 0 Å². The fourth-order valence-electron chi connectivity index (χ4n) is 4.65. The highest BCUT2D eigenvalue weighted by molar-refractivity contribution is 6.39. The predicted octanol–water partition coefficient (Wildman–Crippen LogP) is 4.79. The standard InChI is InChI=1S/C30H25FN4O5/c1-18-25(17-26-28(37)33-30(39)35(29(26)38)22-11-7-20(31)8-12-22)24-5-3-4-6-27(24)34(18)15-16-40-23-13-9-21(10-14-23)32-19(2)36/h3-14,17H,15-16H2,1-2H3,(H,32,36)(H,33,37,39)/b26-17-. The van der Waals surface area contributed by atoms with Gasteiger partial charge in [0.05, 0.1) is 12.2 Å². The molecular weight excluding hydrogens is 515 g/mol. The van der Waals surface area contributed by atoms with Gasteiger partial charge in [0.2, 0.25) is 5.91 Å². The Labute approximate surface area is 228 Å². The Morgan fingerprint density at radius 1 is 1.00 bits per heavy atom. The lowest BCUT2D eigenvalue weighted by Crippen LogP contribution is -2.54. The lowest BCUT2D eigenvalue weighted by Gasteiger charge is -2.26. The van der Waals surface area contributed by atoms with Crippen molar-refractivity contribution in [2.75, 3.05) is 16.8 Å². The van der Waals surface area contributed by atoms with Crippen LogP contribution in [0.25, 0.3) is 17.0 Å². The first-order valence-corrected chi connectivity index (χ1v) is 12.5. The number of hydrogen-bond acceptors (Lipinski definition) is 5. The van der Waals surface area contributed by atoms with Gasteiger partial charge in [-0.05, 0) is 67.6 Å². The predicted molar refractivity (Wildman–Crippen MR) is 148 cm³/mol. The maximum atomic E-state index is 13.4. The lowest BCUT2D eigenvalue weighted by atomic mass is 10.0. The van der Waals surface area contributed by atoms with Crippen molar-refractivity contribution in [2.45, 2.75) is 20.4 Å². The quantitative estimate of drug-likeness (QED) is 0.259. The number of nitrogens with one attached hydrogen (secondary N) is 2. The van der Waals surface area contributed by atoms with E-state index in [1.807, 2.05) is 35.8 Å². The molecule has 0 spiro atoms. The number of carbonyl (C=O) groups excluding carboxylic acids is 4. The van der Waals surface area contributed by atoms with Gasteiger partial charge in [0.15, 0.2) is 0 Å². The third-order valence-electron chi connectivity index (χ3n) is 6.51. The van der Waals surface area contributed by atoms with Crippen LogP contribution in [-0.4, -0.2) is 34.9 Å². The summed E-state index contributed by atoms with van der Waals surface area (Å²) < 4.78 is 21.4. The lowest BCUT2D eigenvalue weighted by molar-refractivity contribution is -0.122. The molecule has 0 radical (unpaired) electrons. The van der Waals surface area contributed by atoms with Gasteiger partial charge in [-0.15, -0.1) is 0 Å². The summed E-state index contributed by atoms with van der Waals surface area (Å²) in [6, 6.07) is 18.6. The normalized spacial score (nSPS) is 14.5. The van der Waals surface area contributed by atoms with E-state index >= 15 is 0 Å². The van der Waals surface area contributed by atoms with Crippen LogP contribution in [0.15, 0.2) is 78.4 Å². The fraction of sp³-hybridized carbons (Fsp3) is 0.133. The molecule has 0 aliphatic carbocycles. The number of fused-ring (bicyclic) bond motifs is 1. The number of aromatic nitrogens is 1. The first-order chi connectivity index (χ1) is 19.2. The minimum absolute atomic E-state index is 0.142. The van der Waals surface area contributed by atoms with Crippen LogP contribution in [-0.2, 0) is 20.9 Å². The number of ether oxygens (including phenoxy) is 1. The highest BCUT2D eigenvalue weighted by atomic mass is 19.1. The number of halogens is 1. The first kappa shape index (κ1) is 26.4. The minimum atomic E-state index is -0.903. The second-order valence-electron chi connectivity index (χ2n) is 9.16. The molecule has 202 valence electrons. The van der Waals surface area contributed by atoms with Crippen molar-refractivity contribution in [2.24, 2.45) is 0 Å². The second kappa shape index (κ2) is 10.9. The van der Waals surface area contributed by atoms with Crippen LogP contribution in [0.2, 0.25) is 0 Å². The van der Waals surface area contributed by atoms with Gasteiger partial charge in [-0.1, -0.05) is 18.2 Å². The topological polar surface area (TPSA) is 110 Å². The van der Waals surface area contributed by atoms with E-state index in [0.29, 0.717) is 30.2 Å². The molecule has 4 aromatic rings.